The highest BCUT2D eigenvalue weighted by molar-refractivity contribution is 5.70. The van der Waals surface area contributed by atoms with Gasteiger partial charge in [-0.15, -0.1) is 0 Å². The smallest absolute Gasteiger partial charge is 0.0492 e. The van der Waals surface area contributed by atoms with Crippen molar-refractivity contribution in [3.8, 4) is 11.3 Å². The number of H-pyrrole nitrogens is 1. The van der Waals surface area contributed by atoms with Gasteiger partial charge < -0.3 is 4.98 Å². The van der Waals surface area contributed by atoms with E-state index in [1.807, 2.05) is 0 Å². The quantitative estimate of drug-likeness (QED) is 0.478. The highest BCUT2D eigenvalue weighted by Crippen LogP contribution is 2.32. The van der Waals surface area contributed by atoms with Gasteiger partial charge >= 0.3 is 0 Å². The van der Waals surface area contributed by atoms with Crippen molar-refractivity contribution in [1.29, 1.82) is 0 Å². The molecule has 0 aromatic carbocycles. The molecule has 0 aromatic heterocycles. The van der Waals surface area contributed by atoms with Crippen molar-refractivity contribution in [2.75, 3.05) is 0 Å². The zero-order valence-electron chi connectivity index (χ0n) is 5.52. The first-order chi connectivity index (χ1) is 4.93. The number of hydrogen-bond donors (Lipinski definition) is 1. The zero-order valence-corrected chi connectivity index (χ0v) is 5.52. The first kappa shape index (κ1) is 4.56. The van der Waals surface area contributed by atoms with Crippen LogP contribution in [0.4, 0.5) is 0 Å². The summed E-state index contributed by atoms with van der Waals surface area (Å²) in [5.41, 5.74) is 5.49. The van der Waals surface area contributed by atoms with Gasteiger partial charge in [0.05, 0.1) is 0 Å². The predicted octanol–water partition coefficient (Wildman–Crippen LogP) is 2.02. The fourth-order valence-electron chi connectivity index (χ4n) is 1.68. The zero-order chi connectivity index (χ0) is 6.55. The van der Waals surface area contributed by atoms with Crippen LogP contribution in [0.3, 0.4) is 0 Å². The van der Waals surface area contributed by atoms with Gasteiger partial charge in [-0.2, -0.15) is 0 Å². The summed E-state index contributed by atoms with van der Waals surface area (Å²) in [6, 6.07) is 8.71. The van der Waals surface area contributed by atoms with Gasteiger partial charge in [0.1, 0.15) is 0 Å². The molecule has 3 rings (SSSR count). The molecule has 1 N–H and O–H groups in total. The number of aromatic amines is 1. The first-order valence-electron chi connectivity index (χ1n) is 3.53. The second kappa shape index (κ2) is 1.26. The van der Waals surface area contributed by atoms with Gasteiger partial charge in [-0.05, 0) is 17.2 Å². The molecule has 0 unspecified atom stereocenters. The molecule has 0 radical (unpaired) electrons. The average molecular weight is 129 g/mol. The Balaban J connectivity index is 2.58. The maximum absolute atomic E-state index is 3.36. The number of pyridine rings is 1. The van der Waals surface area contributed by atoms with Crippen molar-refractivity contribution in [2.24, 2.45) is 0 Å². The predicted molar refractivity (Wildman–Crippen MR) is 40.2 cm³/mol. The average Bonchev–Trinajstić information content (AvgIpc) is 2.38. The normalized spacial score (nSPS) is 13.6. The number of rotatable bonds is 0. The minimum atomic E-state index is 1.10. The van der Waals surface area contributed by atoms with E-state index >= 15 is 0 Å². The molecule has 48 valence electrons. The molecule has 0 atom stereocenters. The molecular weight excluding hydrogens is 122 g/mol. The number of aromatic nitrogens is 1. The van der Waals surface area contributed by atoms with Crippen LogP contribution in [-0.4, -0.2) is 4.98 Å². The van der Waals surface area contributed by atoms with E-state index < -0.39 is 0 Å². The Morgan fingerprint density at radius 2 is 2.00 bits per heavy atom. The lowest BCUT2D eigenvalue weighted by Gasteiger charge is -1.94. The van der Waals surface area contributed by atoms with E-state index in [-0.39, 0.29) is 0 Å². The summed E-state index contributed by atoms with van der Waals surface area (Å²) < 4.78 is 0. The summed E-state index contributed by atoms with van der Waals surface area (Å²) in [7, 11) is 0. The van der Waals surface area contributed by atoms with Gasteiger partial charge in [0.2, 0.25) is 0 Å². The third kappa shape index (κ3) is 0.366. The molecule has 0 spiro atoms. The first-order valence-corrected chi connectivity index (χ1v) is 3.53. The number of hydrogen-bond acceptors (Lipinski definition) is 0. The highest BCUT2D eigenvalue weighted by Gasteiger charge is 2.16. The van der Waals surface area contributed by atoms with Crippen molar-refractivity contribution in [1.82, 2.24) is 4.98 Å². The second-order valence-corrected chi connectivity index (χ2v) is 2.85. The Morgan fingerprint density at radius 1 is 1.10 bits per heavy atom. The van der Waals surface area contributed by atoms with Gasteiger partial charge in [-0.3, -0.25) is 0 Å². The summed E-state index contributed by atoms with van der Waals surface area (Å²) in [4.78, 5) is 3.36. The lowest BCUT2D eigenvalue weighted by atomic mass is 10.2. The topological polar surface area (TPSA) is 15.8 Å². The largest absolute Gasteiger partial charge is 0.358 e. The maximum atomic E-state index is 3.36. The molecule has 0 aromatic rings. The molecule has 0 saturated heterocycles. The van der Waals surface area contributed by atoms with Crippen LogP contribution < -0.4 is 0 Å². The van der Waals surface area contributed by atoms with Gasteiger partial charge in [-0.1, -0.05) is 18.2 Å². The van der Waals surface area contributed by atoms with Gasteiger partial charge in [0.15, 0.2) is 0 Å². The summed E-state index contributed by atoms with van der Waals surface area (Å²) >= 11 is 0. The Kier molecular flexibility index (Phi) is 0.575. The Bertz CT molecular complexity index is 359. The minimum Gasteiger partial charge on any atom is -0.358 e. The SMILES string of the molecule is c1cc2[nH]c3c(ccc1-3)C2. The van der Waals surface area contributed by atoms with E-state index in [1.54, 1.807) is 0 Å². The van der Waals surface area contributed by atoms with Crippen LogP contribution in [0.25, 0.3) is 11.3 Å². The van der Waals surface area contributed by atoms with Crippen LogP contribution in [-0.2, 0) is 6.42 Å². The minimum absolute atomic E-state index is 1.10. The molecule has 2 aliphatic heterocycles. The van der Waals surface area contributed by atoms with E-state index in [9.17, 15) is 0 Å². The van der Waals surface area contributed by atoms with Crippen molar-refractivity contribution in [2.45, 2.75) is 6.42 Å². The standard InChI is InChI=1S/C9H7N/c1-2-7-5-8-4-3-6(1)9(7)10-8/h1-4,10H,5H2. The third-order valence-electron chi connectivity index (χ3n) is 2.20. The molecular formula is C9H7N. The van der Waals surface area contributed by atoms with Crippen LogP contribution in [0.15, 0.2) is 24.3 Å². The van der Waals surface area contributed by atoms with E-state index in [2.05, 4.69) is 29.2 Å². The molecule has 0 saturated carbocycles. The maximum Gasteiger partial charge on any atom is 0.0492 e. The van der Waals surface area contributed by atoms with Crippen LogP contribution in [0.1, 0.15) is 11.3 Å². The summed E-state index contributed by atoms with van der Waals surface area (Å²) in [5, 5.41) is 0. The van der Waals surface area contributed by atoms with E-state index in [4.69, 9.17) is 0 Å². The van der Waals surface area contributed by atoms with E-state index in [0.29, 0.717) is 0 Å². The monoisotopic (exact) mass is 129 g/mol. The molecule has 2 heterocycles. The highest BCUT2D eigenvalue weighted by atomic mass is 14.8. The Hall–Kier alpha value is -1.24. The molecule has 1 aliphatic carbocycles. The van der Waals surface area contributed by atoms with Crippen LogP contribution in [0.2, 0.25) is 0 Å². The van der Waals surface area contributed by atoms with E-state index in [0.717, 1.165) is 6.42 Å². The van der Waals surface area contributed by atoms with E-state index in [1.165, 1.54) is 22.5 Å². The molecule has 10 heavy (non-hydrogen) atoms. The van der Waals surface area contributed by atoms with Gasteiger partial charge in [-0.25, -0.2) is 0 Å². The number of fused-ring (bicyclic) bond motifs is 1. The number of nitrogens with one attached hydrogen (secondary N) is 1. The van der Waals surface area contributed by atoms with Gasteiger partial charge in [0.25, 0.3) is 0 Å². The Morgan fingerprint density at radius 3 is 3.00 bits per heavy atom. The van der Waals surface area contributed by atoms with Crippen molar-refractivity contribution >= 4 is 0 Å². The fourth-order valence-corrected chi connectivity index (χ4v) is 1.68. The molecule has 1 heteroatoms. The molecule has 0 amide bonds. The Labute approximate surface area is 59.0 Å². The molecule has 3 aliphatic rings. The lowest BCUT2D eigenvalue weighted by Crippen LogP contribution is -1.79. The van der Waals surface area contributed by atoms with Crippen LogP contribution in [0, 0.1) is 0 Å². The van der Waals surface area contributed by atoms with Crippen LogP contribution >= 0.6 is 0 Å². The van der Waals surface area contributed by atoms with Crippen molar-refractivity contribution in [3.05, 3.63) is 35.5 Å². The molecule has 1 nitrogen and oxygen atoms in total. The fraction of sp³-hybridized carbons (Fsp3) is 0.111. The van der Waals surface area contributed by atoms with Gasteiger partial charge in [0, 0.05) is 17.8 Å². The van der Waals surface area contributed by atoms with Crippen LogP contribution in [0.5, 0.6) is 0 Å². The molecule has 2 bridgehead atoms. The lowest BCUT2D eigenvalue weighted by molar-refractivity contribution is 1.18. The summed E-state index contributed by atoms with van der Waals surface area (Å²) in [5.74, 6) is 0. The molecule has 0 fully saturated rings. The second-order valence-electron chi connectivity index (χ2n) is 2.85. The van der Waals surface area contributed by atoms with Crippen molar-refractivity contribution < 1.29 is 0 Å². The summed E-state index contributed by atoms with van der Waals surface area (Å²) in [6.45, 7) is 0. The third-order valence-corrected chi connectivity index (χ3v) is 2.20. The summed E-state index contributed by atoms with van der Waals surface area (Å²) in [6.07, 6.45) is 1.10. The van der Waals surface area contributed by atoms with Crippen molar-refractivity contribution in [3.63, 3.8) is 0 Å².